The number of benzene rings is 2. The fraction of sp³-hybridized carbons (Fsp3) is 0.316. The largest absolute Gasteiger partial charge is 0.497 e. The molecule has 0 bridgehead atoms. The highest BCUT2D eigenvalue weighted by Gasteiger charge is 2.19. The van der Waals surface area contributed by atoms with E-state index < -0.39 is 6.10 Å². The van der Waals surface area contributed by atoms with E-state index in [1.807, 2.05) is 24.3 Å². The molecule has 2 aromatic carbocycles. The Balaban J connectivity index is 1.60. The third kappa shape index (κ3) is 4.47. The summed E-state index contributed by atoms with van der Waals surface area (Å²) in [5.74, 6) is 1.77. The lowest BCUT2D eigenvalue weighted by Crippen LogP contribution is -2.28. The number of hydrogen-bond acceptors (Lipinski definition) is 5. The zero-order valence-corrected chi connectivity index (χ0v) is 16.2. The average molecular weight is 422 g/mol. The standard InChI is InChI=1S/C19H20BrNO5/c1-12(26-11-13-4-3-5-14(8-13)23-2)19(22)21-16-10-18-17(9-15(16)20)24-6-7-25-18/h3-5,8-10,12H,6-7,11H2,1-2H3,(H,21,22). The van der Waals surface area contributed by atoms with Crippen LogP contribution in [0.3, 0.4) is 0 Å². The van der Waals surface area contributed by atoms with Gasteiger partial charge in [0.2, 0.25) is 0 Å². The predicted octanol–water partition coefficient (Wildman–Crippen LogP) is 3.77. The van der Waals surface area contributed by atoms with Crippen LogP contribution < -0.4 is 19.5 Å². The lowest BCUT2D eigenvalue weighted by Gasteiger charge is -2.20. The van der Waals surface area contributed by atoms with Crippen molar-refractivity contribution in [1.29, 1.82) is 0 Å². The van der Waals surface area contributed by atoms with Gasteiger partial charge in [-0.25, -0.2) is 0 Å². The van der Waals surface area contributed by atoms with Crippen molar-refractivity contribution < 1.29 is 23.7 Å². The molecule has 0 fully saturated rings. The first kappa shape index (κ1) is 18.5. The van der Waals surface area contributed by atoms with Gasteiger partial charge in [0, 0.05) is 16.6 Å². The minimum absolute atomic E-state index is 0.245. The first-order chi connectivity index (χ1) is 12.6. The van der Waals surface area contributed by atoms with Gasteiger partial charge in [-0.05, 0) is 40.5 Å². The molecule has 1 aliphatic rings. The van der Waals surface area contributed by atoms with Gasteiger partial charge in [-0.1, -0.05) is 12.1 Å². The second kappa shape index (κ2) is 8.42. The fourth-order valence-electron chi connectivity index (χ4n) is 2.45. The molecule has 0 aromatic heterocycles. The molecule has 7 heteroatoms. The molecular formula is C19H20BrNO5. The van der Waals surface area contributed by atoms with Crippen molar-refractivity contribution in [3.8, 4) is 17.2 Å². The number of fused-ring (bicyclic) bond motifs is 1. The number of anilines is 1. The minimum Gasteiger partial charge on any atom is -0.497 e. The van der Waals surface area contributed by atoms with Crippen LogP contribution in [0.15, 0.2) is 40.9 Å². The lowest BCUT2D eigenvalue weighted by molar-refractivity contribution is -0.127. The number of hydrogen-bond donors (Lipinski definition) is 1. The Bertz CT molecular complexity index is 795. The Morgan fingerprint density at radius 1 is 1.23 bits per heavy atom. The van der Waals surface area contributed by atoms with Crippen LogP contribution >= 0.6 is 15.9 Å². The fourth-order valence-corrected chi connectivity index (χ4v) is 2.87. The quantitative estimate of drug-likeness (QED) is 0.768. The maximum atomic E-state index is 12.4. The first-order valence-corrected chi connectivity index (χ1v) is 9.00. The summed E-state index contributed by atoms with van der Waals surface area (Å²) in [6, 6.07) is 11.1. The van der Waals surface area contributed by atoms with E-state index in [0.29, 0.717) is 37.0 Å². The molecule has 2 aromatic rings. The molecule has 0 saturated carbocycles. The predicted molar refractivity (Wildman–Crippen MR) is 101 cm³/mol. The van der Waals surface area contributed by atoms with E-state index in [4.69, 9.17) is 18.9 Å². The number of carbonyl (C=O) groups is 1. The van der Waals surface area contributed by atoms with E-state index in [2.05, 4.69) is 21.2 Å². The van der Waals surface area contributed by atoms with Crippen molar-refractivity contribution in [2.45, 2.75) is 19.6 Å². The van der Waals surface area contributed by atoms with Crippen molar-refractivity contribution in [2.24, 2.45) is 0 Å². The molecule has 0 radical (unpaired) electrons. The third-order valence-electron chi connectivity index (χ3n) is 3.89. The van der Waals surface area contributed by atoms with Gasteiger partial charge in [-0.15, -0.1) is 0 Å². The first-order valence-electron chi connectivity index (χ1n) is 8.21. The molecule has 0 aliphatic carbocycles. The maximum absolute atomic E-state index is 12.4. The van der Waals surface area contributed by atoms with Crippen molar-refractivity contribution >= 4 is 27.5 Å². The second-order valence-electron chi connectivity index (χ2n) is 5.77. The molecule has 1 heterocycles. The molecule has 1 N–H and O–H groups in total. The van der Waals surface area contributed by atoms with E-state index >= 15 is 0 Å². The van der Waals surface area contributed by atoms with Gasteiger partial charge in [0.1, 0.15) is 25.1 Å². The zero-order chi connectivity index (χ0) is 18.5. The Morgan fingerprint density at radius 2 is 1.96 bits per heavy atom. The van der Waals surface area contributed by atoms with E-state index in [1.165, 1.54) is 0 Å². The van der Waals surface area contributed by atoms with Gasteiger partial charge in [-0.2, -0.15) is 0 Å². The van der Waals surface area contributed by atoms with E-state index in [0.717, 1.165) is 15.8 Å². The summed E-state index contributed by atoms with van der Waals surface area (Å²) < 4.78 is 22.6. The molecule has 6 nitrogen and oxygen atoms in total. The van der Waals surface area contributed by atoms with Gasteiger partial charge in [0.05, 0.1) is 19.4 Å². The summed E-state index contributed by atoms with van der Waals surface area (Å²) in [6.07, 6.45) is -0.624. The lowest BCUT2D eigenvalue weighted by atomic mass is 10.2. The van der Waals surface area contributed by atoms with Crippen molar-refractivity contribution in [1.82, 2.24) is 0 Å². The maximum Gasteiger partial charge on any atom is 0.253 e. The van der Waals surface area contributed by atoms with Crippen LogP contribution in [0.2, 0.25) is 0 Å². The summed E-state index contributed by atoms with van der Waals surface area (Å²) in [6.45, 7) is 3.03. The number of amides is 1. The normalized spacial score (nSPS) is 13.8. The molecule has 1 aliphatic heterocycles. The molecule has 1 amide bonds. The Labute approximate surface area is 160 Å². The van der Waals surface area contributed by atoms with Crippen LogP contribution in [0.4, 0.5) is 5.69 Å². The summed E-state index contributed by atoms with van der Waals surface area (Å²) in [7, 11) is 1.61. The van der Waals surface area contributed by atoms with Crippen LogP contribution in [0.5, 0.6) is 17.2 Å². The molecule has 1 atom stereocenters. The highest BCUT2D eigenvalue weighted by Crippen LogP contribution is 2.38. The average Bonchev–Trinajstić information content (AvgIpc) is 2.66. The van der Waals surface area contributed by atoms with Gasteiger partial charge < -0.3 is 24.3 Å². The molecule has 0 spiro atoms. The molecular weight excluding hydrogens is 402 g/mol. The van der Waals surface area contributed by atoms with Crippen LogP contribution in [0.25, 0.3) is 0 Å². The van der Waals surface area contributed by atoms with Gasteiger partial charge >= 0.3 is 0 Å². The highest BCUT2D eigenvalue weighted by molar-refractivity contribution is 9.10. The molecule has 26 heavy (non-hydrogen) atoms. The Morgan fingerprint density at radius 3 is 2.69 bits per heavy atom. The molecule has 3 rings (SSSR count). The Kier molecular flexibility index (Phi) is 6.00. The van der Waals surface area contributed by atoms with Crippen LogP contribution in [-0.2, 0) is 16.1 Å². The highest BCUT2D eigenvalue weighted by atomic mass is 79.9. The number of methoxy groups -OCH3 is 1. The zero-order valence-electron chi connectivity index (χ0n) is 14.6. The molecule has 1 unspecified atom stereocenters. The number of rotatable bonds is 6. The monoisotopic (exact) mass is 421 g/mol. The van der Waals surface area contributed by atoms with Crippen LogP contribution in [0.1, 0.15) is 12.5 Å². The number of halogens is 1. The van der Waals surface area contributed by atoms with Gasteiger partial charge in [-0.3, -0.25) is 4.79 Å². The summed E-state index contributed by atoms with van der Waals surface area (Å²) in [4.78, 5) is 12.4. The van der Waals surface area contributed by atoms with Crippen molar-refractivity contribution in [2.75, 3.05) is 25.6 Å². The topological polar surface area (TPSA) is 66.0 Å². The van der Waals surface area contributed by atoms with Crippen LogP contribution in [-0.4, -0.2) is 32.3 Å². The number of carbonyl (C=O) groups excluding carboxylic acids is 1. The third-order valence-corrected chi connectivity index (χ3v) is 4.55. The smallest absolute Gasteiger partial charge is 0.253 e. The summed E-state index contributed by atoms with van der Waals surface area (Å²) in [5, 5.41) is 2.85. The number of ether oxygens (including phenoxy) is 4. The minimum atomic E-state index is -0.624. The SMILES string of the molecule is COc1cccc(COC(C)C(=O)Nc2cc3c(cc2Br)OCCO3)c1. The summed E-state index contributed by atoms with van der Waals surface area (Å²) in [5.41, 5.74) is 1.54. The second-order valence-corrected chi connectivity index (χ2v) is 6.62. The van der Waals surface area contributed by atoms with Gasteiger partial charge in [0.25, 0.3) is 5.91 Å². The van der Waals surface area contributed by atoms with E-state index in [1.54, 1.807) is 26.2 Å². The van der Waals surface area contributed by atoms with E-state index in [-0.39, 0.29) is 5.91 Å². The van der Waals surface area contributed by atoms with Crippen molar-refractivity contribution in [3.05, 3.63) is 46.4 Å². The molecule has 138 valence electrons. The Hall–Kier alpha value is -2.25. The number of nitrogens with one attached hydrogen (secondary N) is 1. The summed E-state index contributed by atoms with van der Waals surface area (Å²) >= 11 is 3.44. The van der Waals surface area contributed by atoms with Gasteiger partial charge in [0.15, 0.2) is 11.5 Å². The molecule has 0 saturated heterocycles. The van der Waals surface area contributed by atoms with Crippen LogP contribution in [0, 0.1) is 0 Å². The van der Waals surface area contributed by atoms with E-state index in [9.17, 15) is 4.79 Å². The van der Waals surface area contributed by atoms with Crippen molar-refractivity contribution in [3.63, 3.8) is 0 Å².